The van der Waals surface area contributed by atoms with Gasteiger partial charge in [-0.25, -0.2) is 0 Å². The van der Waals surface area contributed by atoms with Gasteiger partial charge >= 0.3 is 0 Å². The van der Waals surface area contributed by atoms with Crippen molar-refractivity contribution in [2.75, 3.05) is 37.0 Å². The molecule has 0 bridgehead atoms. The van der Waals surface area contributed by atoms with Gasteiger partial charge in [0.15, 0.2) is 0 Å². The minimum absolute atomic E-state index is 0.0948. The van der Waals surface area contributed by atoms with Gasteiger partial charge in [0.2, 0.25) is 5.91 Å². The Hall–Kier alpha value is -1.55. The van der Waals surface area contributed by atoms with Gasteiger partial charge in [-0.2, -0.15) is 0 Å². The number of hydrogen-bond acceptors (Lipinski definition) is 3. The average molecular weight is 260 g/mol. The van der Waals surface area contributed by atoms with Gasteiger partial charge in [0.05, 0.1) is 13.2 Å². The lowest BCUT2D eigenvalue weighted by atomic mass is 10.0. The number of carbonyl (C=O) groups excluding carboxylic acids is 1. The van der Waals surface area contributed by atoms with E-state index in [-0.39, 0.29) is 5.91 Å². The number of nitrogens with one attached hydrogen (secondary N) is 1. The van der Waals surface area contributed by atoms with E-state index in [2.05, 4.69) is 29.4 Å². The van der Waals surface area contributed by atoms with E-state index in [0.717, 1.165) is 31.9 Å². The second kappa shape index (κ2) is 5.21. The molecule has 1 amide bonds. The lowest BCUT2D eigenvalue weighted by molar-refractivity contribution is -0.121. The maximum absolute atomic E-state index is 11.9. The zero-order valence-corrected chi connectivity index (χ0v) is 11.3. The Bertz CT molecular complexity index is 483. The molecule has 0 saturated carbocycles. The van der Waals surface area contributed by atoms with Crippen LogP contribution in [0.25, 0.3) is 0 Å². The van der Waals surface area contributed by atoms with Crippen molar-refractivity contribution in [1.29, 1.82) is 0 Å². The van der Waals surface area contributed by atoms with Crippen LogP contribution in [0.3, 0.4) is 0 Å². The number of ether oxygens (including phenoxy) is 1. The van der Waals surface area contributed by atoms with E-state index in [0.29, 0.717) is 12.3 Å². The number of rotatable bonds is 3. The summed E-state index contributed by atoms with van der Waals surface area (Å²) >= 11 is 0. The van der Waals surface area contributed by atoms with Crippen molar-refractivity contribution in [1.82, 2.24) is 0 Å². The Morgan fingerprint density at radius 1 is 1.47 bits per heavy atom. The summed E-state index contributed by atoms with van der Waals surface area (Å²) in [6, 6.07) is 6.21. The number of fused-ring (bicyclic) bond motifs is 1. The molecule has 19 heavy (non-hydrogen) atoms. The molecule has 1 N–H and O–H groups in total. The van der Waals surface area contributed by atoms with Gasteiger partial charge in [0.1, 0.15) is 0 Å². The monoisotopic (exact) mass is 260 g/mol. The third-order valence-corrected chi connectivity index (χ3v) is 3.90. The molecule has 3 rings (SSSR count). The Labute approximate surface area is 113 Å². The fraction of sp³-hybridized carbons (Fsp3) is 0.533. The van der Waals surface area contributed by atoms with Crippen molar-refractivity contribution in [2.45, 2.75) is 19.3 Å². The van der Waals surface area contributed by atoms with Gasteiger partial charge < -0.3 is 15.0 Å². The van der Waals surface area contributed by atoms with Gasteiger partial charge in [-0.1, -0.05) is 0 Å². The highest BCUT2D eigenvalue weighted by Gasteiger charge is 2.22. The van der Waals surface area contributed by atoms with Crippen LogP contribution < -0.4 is 10.2 Å². The third kappa shape index (κ3) is 2.73. The maximum atomic E-state index is 11.9. The maximum Gasteiger partial charge on any atom is 0.224 e. The molecule has 0 unspecified atom stereocenters. The van der Waals surface area contributed by atoms with E-state index in [4.69, 9.17) is 4.74 Å². The van der Waals surface area contributed by atoms with Crippen LogP contribution in [0, 0.1) is 5.92 Å². The van der Waals surface area contributed by atoms with Gasteiger partial charge in [-0.05, 0) is 36.6 Å². The van der Waals surface area contributed by atoms with Crippen molar-refractivity contribution in [3.8, 4) is 0 Å². The number of benzene rings is 1. The van der Waals surface area contributed by atoms with Crippen molar-refractivity contribution in [2.24, 2.45) is 5.92 Å². The molecule has 0 aromatic heterocycles. The second-order valence-electron chi connectivity index (χ2n) is 5.52. The first-order valence-corrected chi connectivity index (χ1v) is 6.94. The molecule has 0 spiro atoms. The summed E-state index contributed by atoms with van der Waals surface area (Å²) in [5, 5.41) is 2.99. The average Bonchev–Trinajstić information content (AvgIpc) is 2.34. The summed E-state index contributed by atoms with van der Waals surface area (Å²) in [6.07, 6.45) is 2.84. The third-order valence-electron chi connectivity index (χ3n) is 3.90. The van der Waals surface area contributed by atoms with Gasteiger partial charge in [0, 0.05) is 37.3 Å². The molecule has 1 saturated heterocycles. The number of carbonyl (C=O) groups is 1. The highest BCUT2D eigenvalue weighted by Crippen LogP contribution is 2.28. The number of hydrogen-bond donors (Lipinski definition) is 1. The minimum Gasteiger partial charge on any atom is -0.381 e. The molecule has 0 aliphatic carbocycles. The molecule has 2 aliphatic rings. The normalized spacial score (nSPS) is 18.7. The molecule has 1 aromatic carbocycles. The van der Waals surface area contributed by atoms with Gasteiger partial charge in [-0.3, -0.25) is 4.79 Å². The summed E-state index contributed by atoms with van der Waals surface area (Å²) in [7, 11) is 2.12. The molecule has 1 fully saturated rings. The van der Waals surface area contributed by atoms with Gasteiger partial charge in [-0.15, -0.1) is 0 Å². The van der Waals surface area contributed by atoms with Crippen molar-refractivity contribution < 1.29 is 9.53 Å². The predicted octanol–water partition coefficient (Wildman–Crippen LogP) is 2.04. The van der Waals surface area contributed by atoms with Crippen LogP contribution >= 0.6 is 0 Å². The molecule has 2 heterocycles. The number of anilines is 2. The molecular formula is C15H20N2O2. The fourth-order valence-electron chi connectivity index (χ4n) is 2.74. The molecule has 102 valence electrons. The fourth-order valence-corrected chi connectivity index (χ4v) is 2.74. The first kappa shape index (κ1) is 12.5. The smallest absolute Gasteiger partial charge is 0.224 e. The highest BCUT2D eigenvalue weighted by molar-refractivity contribution is 5.91. The quantitative estimate of drug-likeness (QED) is 0.904. The highest BCUT2D eigenvalue weighted by atomic mass is 16.5. The van der Waals surface area contributed by atoms with Crippen LogP contribution in [0.5, 0.6) is 0 Å². The van der Waals surface area contributed by atoms with Crippen molar-refractivity contribution >= 4 is 17.3 Å². The van der Waals surface area contributed by atoms with E-state index in [9.17, 15) is 4.79 Å². The number of aryl methyl sites for hydroxylation is 1. The zero-order valence-electron chi connectivity index (χ0n) is 11.3. The van der Waals surface area contributed by atoms with Crippen LogP contribution in [0.15, 0.2) is 18.2 Å². The Morgan fingerprint density at radius 3 is 3.05 bits per heavy atom. The second-order valence-corrected chi connectivity index (χ2v) is 5.52. The summed E-state index contributed by atoms with van der Waals surface area (Å²) in [4.78, 5) is 14.1. The van der Waals surface area contributed by atoms with Crippen LogP contribution in [0.4, 0.5) is 11.4 Å². The Balaban J connectivity index is 1.66. The van der Waals surface area contributed by atoms with Crippen LogP contribution in [-0.2, 0) is 16.0 Å². The lowest BCUT2D eigenvalue weighted by Crippen LogP contribution is -2.31. The number of amides is 1. The van der Waals surface area contributed by atoms with Crippen molar-refractivity contribution in [3.05, 3.63) is 23.8 Å². The van der Waals surface area contributed by atoms with E-state index >= 15 is 0 Å². The molecule has 2 aliphatic heterocycles. The van der Waals surface area contributed by atoms with Gasteiger partial charge in [0.25, 0.3) is 0 Å². The summed E-state index contributed by atoms with van der Waals surface area (Å²) < 4.78 is 5.09. The van der Waals surface area contributed by atoms with E-state index in [1.54, 1.807) is 0 Å². The number of nitrogens with zero attached hydrogens (tertiary/aromatic N) is 1. The first-order chi connectivity index (χ1) is 9.22. The molecule has 1 aromatic rings. The van der Waals surface area contributed by atoms with Crippen LogP contribution in [0.1, 0.15) is 18.4 Å². The molecule has 4 nitrogen and oxygen atoms in total. The topological polar surface area (TPSA) is 41.6 Å². The Morgan fingerprint density at radius 2 is 2.32 bits per heavy atom. The first-order valence-electron chi connectivity index (χ1n) is 6.94. The van der Waals surface area contributed by atoms with E-state index < -0.39 is 0 Å². The summed E-state index contributed by atoms with van der Waals surface area (Å²) in [5.41, 5.74) is 3.54. The van der Waals surface area contributed by atoms with E-state index in [1.165, 1.54) is 17.7 Å². The molecular weight excluding hydrogens is 240 g/mol. The molecule has 0 atom stereocenters. The van der Waals surface area contributed by atoms with Crippen molar-refractivity contribution in [3.63, 3.8) is 0 Å². The standard InChI is InChI=1S/C15H20N2O2/c1-17-6-2-3-12-8-13(4-5-14(12)17)16-15(18)7-11-9-19-10-11/h4-5,8,11H,2-3,6-7,9-10H2,1H3,(H,16,18). The largest absolute Gasteiger partial charge is 0.381 e. The zero-order chi connectivity index (χ0) is 13.2. The van der Waals surface area contributed by atoms with Crippen LogP contribution in [0.2, 0.25) is 0 Å². The predicted molar refractivity (Wildman–Crippen MR) is 75.6 cm³/mol. The molecule has 4 heteroatoms. The summed E-state index contributed by atoms with van der Waals surface area (Å²) in [6.45, 7) is 2.56. The minimum atomic E-state index is 0.0948. The van der Waals surface area contributed by atoms with E-state index in [1.807, 2.05) is 6.07 Å². The lowest BCUT2D eigenvalue weighted by Gasteiger charge is -2.28. The molecule has 0 radical (unpaired) electrons. The Kier molecular flexibility index (Phi) is 3.42. The SMILES string of the molecule is CN1CCCc2cc(NC(=O)CC3COC3)ccc21. The summed E-state index contributed by atoms with van der Waals surface area (Å²) in [5.74, 6) is 0.501. The van der Waals surface area contributed by atoms with Crippen LogP contribution in [-0.4, -0.2) is 32.7 Å².